The predicted molar refractivity (Wildman–Crippen MR) is 83.3 cm³/mol. The molecule has 0 aliphatic carbocycles. The molecule has 0 bridgehead atoms. The average Bonchev–Trinajstić information content (AvgIpc) is 2.75. The van der Waals surface area contributed by atoms with Gasteiger partial charge in [0.15, 0.2) is 5.78 Å². The zero-order valence-electron chi connectivity index (χ0n) is 13.4. The number of hydrogen-bond acceptors (Lipinski definition) is 5. The summed E-state index contributed by atoms with van der Waals surface area (Å²) >= 11 is 0. The van der Waals surface area contributed by atoms with E-state index >= 15 is 0 Å². The molecule has 0 atom stereocenters. The zero-order valence-corrected chi connectivity index (χ0v) is 13.4. The molecule has 0 saturated carbocycles. The van der Waals surface area contributed by atoms with Crippen molar-refractivity contribution in [2.75, 3.05) is 20.1 Å². The first-order valence-corrected chi connectivity index (χ1v) is 7.35. The Kier molecular flexibility index (Phi) is 5.08. The Labute approximate surface area is 138 Å². The first-order valence-electron chi connectivity index (χ1n) is 7.35. The maximum atomic E-state index is 11.9. The predicted octanol–water partition coefficient (Wildman–Crippen LogP) is 0.430. The van der Waals surface area contributed by atoms with Crippen LogP contribution in [-0.2, 0) is 9.59 Å². The van der Waals surface area contributed by atoms with Crippen molar-refractivity contribution in [1.82, 2.24) is 15.1 Å². The van der Waals surface area contributed by atoms with Crippen molar-refractivity contribution in [1.29, 1.82) is 0 Å². The van der Waals surface area contributed by atoms with Crippen LogP contribution in [0.15, 0.2) is 24.3 Å². The van der Waals surface area contributed by atoms with Crippen LogP contribution in [-0.4, -0.2) is 59.5 Å². The smallest absolute Gasteiger partial charge is 0.333 e. The third-order valence-electron chi connectivity index (χ3n) is 3.65. The average molecular weight is 331 g/mol. The second-order valence-electron chi connectivity index (χ2n) is 5.35. The molecule has 1 aromatic rings. The number of amides is 5. The normalized spacial score (nSPS) is 14.3. The molecule has 126 valence electrons. The summed E-state index contributed by atoms with van der Waals surface area (Å²) in [4.78, 5) is 59.3. The Morgan fingerprint density at radius 3 is 2.08 bits per heavy atom. The van der Waals surface area contributed by atoms with Crippen LogP contribution in [0.2, 0.25) is 0 Å². The number of carbonyl (C=O) groups is 5. The molecular formula is C16H17N3O5. The summed E-state index contributed by atoms with van der Waals surface area (Å²) in [7, 11) is 1.25. The number of Topliss-reactive ketones (excluding diaryl/α,β-unsaturated/α-hetero) is 1. The maximum Gasteiger partial charge on any atom is 0.333 e. The van der Waals surface area contributed by atoms with Gasteiger partial charge in [0.05, 0.1) is 0 Å². The zero-order chi connectivity index (χ0) is 17.9. The van der Waals surface area contributed by atoms with E-state index in [1.54, 1.807) is 24.3 Å². The number of urea groups is 1. The van der Waals surface area contributed by atoms with Crippen molar-refractivity contribution in [2.24, 2.45) is 0 Å². The Balaban J connectivity index is 1.81. The van der Waals surface area contributed by atoms with E-state index in [1.165, 1.54) is 14.0 Å². The summed E-state index contributed by atoms with van der Waals surface area (Å²) in [5, 5.41) is 2.65. The number of likely N-dealkylation sites (N-methyl/N-ethyl adjacent to an activating group) is 1. The number of nitrogens with zero attached hydrogens (tertiary/aromatic N) is 2. The molecule has 8 nitrogen and oxygen atoms in total. The molecule has 1 aliphatic heterocycles. The van der Waals surface area contributed by atoms with Gasteiger partial charge in [0.25, 0.3) is 5.91 Å². The summed E-state index contributed by atoms with van der Waals surface area (Å²) in [6, 6.07) is 5.58. The van der Waals surface area contributed by atoms with E-state index in [4.69, 9.17) is 0 Å². The minimum absolute atomic E-state index is 0.0529. The quantitative estimate of drug-likeness (QED) is 0.352. The van der Waals surface area contributed by atoms with E-state index < -0.39 is 17.8 Å². The van der Waals surface area contributed by atoms with Crippen molar-refractivity contribution in [3.05, 3.63) is 35.4 Å². The van der Waals surface area contributed by atoms with E-state index in [0.29, 0.717) is 17.5 Å². The van der Waals surface area contributed by atoms with Crippen molar-refractivity contribution < 1.29 is 24.0 Å². The maximum absolute atomic E-state index is 11.9. The highest BCUT2D eigenvalue weighted by molar-refractivity contribution is 6.44. The van der Waals surface area contributed by atoms with Gasteiger partial charge in [-0.25, -0.2) is 4.79 Å². The number of ketones is 1. The SMILES string of the molecule is CC(=O)c1ccc(C(=O)NCCCN2C(=O)C(=O)N(C)C2=O)cc1. The van der Waals surface area contributed by atoms with Gasteiger partial charge in [0, 0.05) is 31.3 Å². The third-order valence-corrected chi connectivity index (χ3v) is 3.65. The molecule has 0 radical (unpaired) electrons. The lowest BCUT2D eigenvalue weighted by atomic mass is 10.1. The monoisotopic (exact) mass is 331 g/mol. The van der Waals surface area contributed by atoms with Gasteiger partial charge < -0.3 is 5.32 Å². The summed E-state index contributed by atoms with van der Waals surface area (Å²) < 4.78 is 0. The van der Waals surface area contributed by atoms with E-state index in [2.05, 4.69) is 5.32 Å². The Bertz CT molecular complexity index is 711. The van der Waals surface area contributed by atoms with Crippen LogP contribution < -0.4 is 5.32 Å². The highest BCUT2D eigenvalue weighted by Gasteiger charge is 2.41. The fourth-order valence-corrected chi connectivity index (χ4v) is 2.21. The number of benzene rings is 1. The number of hydrogen-bond donors (Lipinski definition) is 1. The molecule has 8 heteroatoms. The van der Waals surface area contributed by atoms with Gasteiger partial charge in [0.1, 0.15) is 0 Å². The van der Waals surface area contributed by atoms with Crippen LogP contribution in [0, 0.1) is 0 Å². The number of carbonyl (C=O) groups excluding carboxylic acids is 5. The molecule has 1 N–H and O–H groups in total. The summed E-state index contributed by atoms with van der Waals surface area (Å²) in [6.45, 7) is 1.73. The molecule has 1 heterocycles. The molecule has 24 heavy (non-hydrogen) atoms. The summed E-state index contributed by atoms with van der Waals surface area (Å²) in [6.07, 6.45) is 0.329. The molecule has 5 amide bonds. The van der Waals surface area contributed by atoms with Crippen LogP contribution in [0.1, 0.15) is 34.1 Å². The minimum atomic E-state index is -0.853. The van der Waals surface area contributed by atoms with E-state index in [1.807, 2.05) is 0 Å². The number of imide groups is 2. The van der Waals surface area contributed by atoms with E-state index in [-0.39, 0.29) is 24.8 Å². The van der Waals surface area contributed by atoms with Gasteiger partial charge in [-0.15, -0.1) is 0 Å². The van der Waals surface area contributed by atoms with Crippen molar-refractivity contribution in [3.8, 4) is 0 Å². The Morgan fingerprint density at radius 1 is 1.00 bits per heavy atom. The lowest BCUT2D eigenvalue weighted by molar-refractivity contribution is -0.142. The second kappa shape index (κ2) is 7.03. The minimum Gasteiger partial charge on any atom is -0.352 e. The largest absolute Gasteiger partial charge is 0.352 e. The summed E-state index contributed by atoms with van der Waals surface area (Å²) in [5.74, 6) is -2.11. The van der Waals surface area contributed by atoms with Crippen LogP contribution in [0.3, 0.4) is 0 Å². The number of rotatable bonds is 6. The fourth-order valence-electron chi connectivity index (χ4n) is 2.21. The van der Waals surface area contributed by atoms with Crippen LogP contribution in [0.25, 0.3) is 0 Å². The lowest BCUT2D eigenvalue weighted by Crippen LogP contribution is -2.34. The Morgan fingerprint density at radius 2 is 1.58 bits per heavy atom. The topological polar surface area (TPSA) is 104 Å². The molecule has 0 spiro atoms. The van der Waals surface area contributed by atoms with Gasteiger partial charge in [0.2, 0.25) is 0 Å². The standard InChI is InChI=1S/C16H17N3O5/c1-10(20)11-4-6-12(7-5-11)13(21)17-8-3-9-19-15(23)14(22)18(2)16(19)24/h4-7H,3,8-9H2,1-2H3,(H,17,21). The fraction of sp³-hybridized carbons (Fsp3) is 0.312. The molecule has 1 aliphatic rings. The van der Waals surface area contributed by atoms with E-state index in [0.717, 1.165) is 9.80 Å². The lowest BCUT2D eigenvalue weighted by Gasteiger charge is -2.13. The molecule has 0 unspecified atom stereocenters. The molecule has 1 aromatic carbocycles. The molecule has 2 rings (SSSR count). The first-order chi connectivity index (χ1) is 11.3. The van der Waals surface area contributed by atoms with Gasteiger partial charge >= 0.3 is 17.8 Å². The molecular weight excluding hydrogens is 314 g/mol. The van der Waals surface area contributed by atoms with E-state index in [9.17, 15) is 24.0 Å². The van der Waals surface area contributed by atoms with Crippen LogP contribution in [0.5, 0.6) is 0 Å². The highest BCUT2D eigenvalue weighted by Crippen LogP contribution is 2.10. The third kappa shape index (κ3) is 3.48. The second-order valence-corrected chi connectivity index (χ2v) is 5.35. The van der Waals surface area contributed by atoms with Gasteiger partial charge in [-0.3, -0.25) is 29.0 Å². The highest BCUT2D eigenvalue weighted by atomic mass is 16.2. The van der Waals surface area contributed by atoms with Crippen molar-refractivity contribution in [3.63, 3.8) is 0 Å². The first kappa shape index (κ1) is 17.3. The number of nitrogens with one attached hydrogen (secondary N) is 1. The van der Waals surface area contributed by atoms with Crippen LogP contribution in [0.4, 0.5) is 4.79 Å². The molecule has 1 fully saturated rings. The van der Waals surface area contributed by atoms with Gasteiger partial charge in [-0.2, -0.15) is 0 Å². The Hall–Kier alpha value is -3.03. The molecule has 1 saturated heterocycles. The van der Waals surface area contributed by atoms with Crippen molar-refractivity contribution >= 4 is 29.5 Å². The van der Waals surface area contributed by atoms with Gasteiger partial charge in [-0.1, -0.05) is 12.1 Å². The van der Waals surface area contributed by atoms with Gasteiger partial charge in [-0.05, 0) is 25.5 Å². The van der Waals surface area contributed by atoms with Crippen molar-refractivity contribution in [2.45, 2.75) is 13.3 Å². The molecule has 0 aromatic heterocycles. The summed E-state index contributed by atoms with van der Waals surface area (Å²) in [5.41, 5.74) is 0.926. The van der Waals surface area contributed by atoms with Crippen LogP contribution >= 0.6 is 0 Å².